The van der Waals surface area contributed by atoms with Crippen LogP contribution in [0, 0.1) is 0 Å². The Morgan fingerprint density at radius 1 is 1.11 bits per heavy atom. The summed E-state index contributed by atoms with van der Waals surface area (Å²) >= 11 is 7.91. The molecule has 1 nitrogen and oxygen atoms in total. The fourth-order valence-electron chi connectivity index (χ4n) is 2.31. The molecule has 0 saturated carbocycles. The van der Waals surface area contributed by atoms with Crippen molar-refractivity contribution in [1.82, 2.24) is 5.32 Å². The molecule has 19 heavy (non-hydrogen) atoms. The van der Waals surface area contributed by atoms with Gasteiger partial charge in [0, 0.05) is 22.0 Å². The second kappa shape index (κ2) is 7.09. The lowest BCUT2D eigenvalue weighted by atomic mass is 10.0. The number of thiophene rings is 1. The number of benzene rings is 1. The second-order valence-corrected chi connectivity index (χ2v) is 6.07. The van der Waals surface area contributed by atoms with Crippen molar-refractivity contribution in [2.24, 2.45) is 0 Å². The summed E-state index contributed by atoms with van der Waals surface area (Å²) in [5.41, 5.74) is 1.27. The van der Waals surface area contributed by atoms with Crippen molar-refractivity contribution in [2.75, 3.05) is 0 Å². The number of rotatable bonds is 6. The fourth-order valence-corrected chi connectivity index (χ4v) is 3.38. The van der Waals surface area contributed by atoms with Crippen molar-refractivity contribution in [2.45, 2.75) is 38.8 Å². The Bertz CT molecular complexity index is 495. The third kappa shape index (κ3) is 3.82. The minimum absolute atomic E-state index is 0.353. The van der Waals surface area contributed by atoms with Crippen LogP contribution in [0.4, 0.5) is 0 Å². The van der Waals surface area contributed by atoms with Crippen LogP contribution in [0.2, 0.25) is 5.02 Å². The van der Waals surface area contributed by atoms with E-state index in [4.69, 9.17) is 11.6 Å². The van der Waals surface area contributed by atoms with Crippen LogP contribution in [0.5, 0.6) is 0 Å². The van der Waals surface area contributed by atoms with Gasteiger partial charge in [-0.1, -0.05) is 43.6 Å². The summed E-state index contributed by atoms with van der Waals surface area (Å²) < 4.78 is 0. The zero-order valence-corrected chi connectivity index (χ0v) is 13.0. The molecule has 0 saturated heterocycles. The average Bonchev–Trinajstić information content (AvgIpc) is 2.94. The second-order valence-electron chi connectivity index (χ2n) is 4.66. The summed E-state index contributed by atoms with van der Waals surface area (Å²) in [7, 11) is 0. The number of nitrogens with one attached hydrogen (secondary N) is 1. The molecular weight excluding hydrogens is 274 g/mol. The van der Waals surface area contributed by atoms with Gasteiger partial charge in [0.1, 0.15) is 0 Å². The molecule has 3 heteroatoms. The minimum atomic E-state index is 0.353. The van der Waals surface area contributed by atoms with E-state index >= 15 is 0 Å². The van der Waals surface area contributed by atoms with Crippen LogP contribution in [0.25, 0.3) is 0 Å². The Labute approximate surface area is 124 Å². The Morgan fingerprint density at radius 3 is 2.47 bits per heavy atom. The van der Waals surface area contributed by atoms with Crippen LogP contribution in [-0.2, 0) is 0 Å². The largest absolute Gasteiger partial charge is 0.302 e. The Kier molecular flexibility index (Phi) is 5.44. The molecule has 0 radical (unpaired) electrons. The molecule has 0 aliphatic heterocycles. The lowest BCUT2D eigenvalue weighted by Crippen LogP contribution is -2.25. The molecule has 0 fully saturated rings. The van der Waals surface area contributed by atoms with E-state index < -0.39 is 0 Å². The normalized spacial score (nSPS) is 14.3. The molecule has 2 aromatic rings. The van der Waals surface area contributed by atoms with E-state index in [1.807, 2.05) is 23.5 Å². The van der Waals surface area contributed by atoms with E-state index in [1.165, 1.54) is 10.4 Å². The first kappa shape index (κ1) is 14.6. The number of halogens is 1. The fraction of sp³-hybridized carbons (Fsp3) is 0.375. The maximum atomic E-state index is 6.09. The molecular formula is C16H20ClNS. The predicted octanol–water partition coefficient (Wildman–Crippen LogP) is 5.59. The van der Waals surface area contributed by atoms with Crippen LogP contribution in [-0.4, -0.2) is 0 Å². The maximum Gasteiger partial charge on any atom is 0.0417 e. The van der Waals surface area contributed by atoms with Crippen molar-refractivity contribution in [1.29, 1.82) is 0 Å². The molecule has 0 spiro atoms. The van der Waals surface area contributed by atoms with E-state index in [0.717, 1.165) is 17.9 Å². The number of hydrogen-bond donors (Lipinski definition) is 1. The summed E-state index contributed by atoms with van der Waals surface area (Å²) in [4.78, 5) is 1.41. The summed E-state index contributed by atoms with van der Waals surface area (Å²) in [6.45, 7) is 4.43. The standard InChI is InChI=1S/C16H20ClNS/c1-3-14(12-7-5-8-13(17)11-12)18-15(4-2)16-9-6-10-19-16/h5-11,14-15,18H,3-4H2,1-2H3. The van der Waals surface area contributed by atoms with Gasteiger partial charge in [-0.2, -0.15) is 0 Å². The molecule has 2 rings (SSSR count). The lowest BCUT2D eigenvalue weighted by Gasteiger charge is -2.24. The van der Waals surface area contributed by atoms with Gasteiger partial charge in [-0.15, -0.1) is 11.3 Å². The van der Waals surface area contributed by atoms with Gasteiger partial charge in [0.25, 0.3) is 0 Å². The van der Waals surface area contributed by atoms with Crippen molar-refractivity contribution in [3.8, 4) is 0 Å². The third-order valence-electron chi connectivity index (χ3n) is 3.36. The third-order valence-corrected chi connectivity index (χ3v) is 4.58. The van der Waals surface area contributed by atoms with Gasteiger partial charge >= 0.3 is 0 Å². The molecule has 1 aromatic heterocycles. The highest BCUT2D eigenvalue weighted by atomic mass is 35.5. The summed E-state index contributed by atoms with van der Waals surface area (Å²) in [5, 5.41) is 6.70. The van der Waals surface area contributed by atoms with Crippen molar-refractivity contribution >= 4 is 22.9 Å². The highest BCUT2D eigenvalue weighted by Gasteiger charge is 2.16. The molecule has 0 bridgehead atoms. The quantitative estimate of drug-likeness (QED) is 0.731. The van der Waals surface area contributed by atoms with Crippen molar-refractivity contribution in [3.63, 3.8) is 0 Å². The van der Waals surface area contributed by atoms with Crippen LogP contribution >= 0.6 is 22.9 Å². The first-order chi connectivity index (χ1) is 9.24. The molecule has 0 amide bonds. The van der Waals surface area contributed by atoms with Gasteiger partial charge in [-0.25, -0.2) is 0 Å². The lowest BCUT2D eigenvalue weighted by molar-refractivity contribution is 0.430. The maximum absolute atomic E-state index is 6.09. The topological polar surface area (TPSA) is 12.0 Å². The Hall–Kier alpha value is -0.830. The van der Waals surface area contributed by atoms with Crippen LogP contribution < -0.4 is 5.32 Å². The summed E-state index contributed by atoms with van der Waals surface area (Å²) in [6.07, 6.45) is 2.15. The van der Waals surface area contributed by atoms with Gasteiger partial charge in [0.15, 0.2) is 0 Å². The monoisotopic (exact) mass is 293 g/mol. The molecule has 0 aliphatic carbocycles. The average molecular weight is 294 g/mol. The van der Waals surface area contributed by atoms with E-state index in [9.17, 15) is 0 Å². The van der Waals surface area contributed by atoms with Crippen LogP contribution in [0.1, 0.15) is 49.2 Å². The predicted molar refractivity (Wildman–Crippen MR) is 85.0 cm³/mol. The van der Waals surface area contributed by atoms with Crippen LogP contribution in [0.3, 0.4) is 0 Å². The summed E-state index contributed by atoms with van der Waals surface area (Å²) in [6, 6.07) is 13.2. The van der Waals surface area contributed by atoms with Crippen molar-refractivity contribution in [3.05, 3.63) is 57.2 Å². The first-order valence-corrected chi connectivity index (χ1v) is 8.05. The Balaban J connectivity index is 2.14. The molecule has 2 unspecified atom stereocenters. The zero-order chi connectivity index (χ0) is 13.7. The van der Waals surface area contributed by atoms with E-state index in [1.54, 1.807) is 0 Å². The summed E-state index contributed by atoms with van der Waals surface area (Å²) in [5.74, 6) is 0. The zero-order valence-electron chi connectivity index (χ0n) is 11.4. The van der Waals surface area contributed by atoms with Gasteiger partial charge in [0.2, 0.25) is 0 Å². The van der Waals surface area contributed by atoms with E-state index in [2.05, 4.69) is 48.8 Å². The molecule has 1 heterocycles. The van der Waals surface area contributed by atoms with Gasteiger partial charge in [-0.3, -0.25) is 0 Å². The van der Waals surface area contributed by atoms with E-state index in [0.29, 0.717) is 12.1 Å². The highest BCUT2D eigenvalue weighted by molar-refractivity contribution is 7.10. The molecule has 0 aliphatic rings. The molecule has 2 atom stereocenters. The van der Waals surface area contributed by atoms with Crippen molar-refractivity contribution < 1.29 is 0 Å². The van der Waals surface area contributed by atoms with E-state index in [-0.39, 0.29) is 0 Å². The highest BCUT2D eigenvalue weighted by Crippen LogP contribution is 2.28. The van der Waals surface area contributed by atoms with Gasteiger partial charge < -0.3 is 5.32 Å². The SMILES string of the molecule is CCC(NC(CC)c1cccs1)c1cccc(Cl)c1. The molecule has 1 N–H and O–H groups in total. The minimum Gasteiger partial charge on any atom is -0.302 e. The van der Waals surface area contributed by atoms with Crippen LogP contribution in [0.15, 0.2) is 41.8 Å². The van der Waals surface area contributed by atoms with Gasteiger partial charge in [0.05, 0.1) is 0 Å². The molecule has 1 aromatic carbocycles. The Morgan fingerprint density at radius 2 is 1.89 bits per heavy atom. The number of hydrogen-bond acceptors (Lipinski definition) is 2. The first-order valence-electron chi connectivity index (χ1n) is 6.79. The van der Waals surface area contributed by atoms with Gasteiger partial charge in [-0.05, 0) is 42.0 Å². The molecule has 102 valence electrons. The smallest absolute Gasteiger partial charge is 0.0417 e.